The van der Waals surface area contributed by atoms with E-state index in [1.807, 2.05) is 6.07 Å². The van der Waals surface area contributed by atoms with Crippen LogP contribution < -0.4 is 9.62 Å². The Hall–Kier alpha value is -4.09. The zero-order valence-electron chi connectivity index (χ0n) is 20.8. The van der Waals surface area contributed by atoms with Gasteiger partial charge in [-0.15, -0.1) is 0 Å². The molecule has 5 nitrogen and oxygen atoms in total. The molecule has 0 spiro atoms. The Morgan fingerprint density at radius 2 is 1.53 bits per heavy atom. The lowest BCUT2D eigenvalue weighted by molar-refractivity contribution is -0.209. The first kappa shape index (κ1) is 25.0. The van der Waals surface area contributed by atoms with Gasteiger partial charge in [0.15, 0.2) is 5.75 Å². The van der Waals surface area contributed by atoms with Crippen LogP contribution in [0.3, 0.4) is 0 Å². The van der Waals surface area contributed by atoms with Crippen molar-refractivity contribution in [3.63, 3.8) is 0 Å². The minimum Gasteiger partial charge on any atom is -0.487 e. The first-order valence-electron chi connectivity index (χ1n) is 12.0. The molecule has 0 saturated heterocycles. The molecule has 4 aromatic carbocycles. The van der Waals surface area contributed by atoms with E-state index >= 15 is 0 Å². The van der Waals surface area contributed by atoms with Gasteiger partial charge < -0.3 is 9.84 Å². The predicted molar refractivity (Wildman–Crippen MR) is 143 cm³/mol. The van der Waals surface area contributed by atoms with Gasteiger partial charge in [0.2, 0.25) is 5.75 Å². The monoisotopic (exact) mass is 482 g/mol. The van der Waals surface area contributed by atoms with Gasteiger partial charge >= 0.3 is 5.97 Å². The molecular weight excluding hydrogens is 452 g/mol. The first-order valence-corrected chi connectivity index (χ1v) is 12.0. The largest absolute Gasteiger partial charge is 0.487 e. The van der Waals surface area contributed by atoms with Crippen LogP contribution >= 0.6 is 0 Å². The molecule has 0 bridgehead atoms. The number of hydrogen-bond acceptors (Lipinski definition) is 5. The third-order valence-corrected chi connectivity index (χ3v) is 5.97. The Balaban J connectivity index is 1.66. The Morgan fingerprint density at radius 1 is 0.861 bits per heavy atom. The molecular formula is C31H30O5. The Morgan fingerprint density at radius 3 is 2.22 bits per heavy atom. The second-order valence-corrected chi connectivity index (χ2v) is 8.76. The molecule has 5 heteroatoms. The molecule has 0 radical (unpaired) electrons. The van der Waals surface area contributed by atoms with Crippen molar-refractivity contribution >= 4 is 16.7 Å². The summed E-state index contributed by atoms with van der Waals surface area (Å²) < 4.78 is 5.53. The molecule has 4 rings (SSSR count). The molecule has 0 aromatic heterocycles. The maximum atomic E-state index is 11.8. The molecule has 1 N–H and O–H groups in total. The highest BCUT2D eigenvalue weighted by atomic mass is 17.2. The maximum Gasteiger partial charge on any atom is 0.381 e. The van der Waals surface area contributed by atoms with Gasteiger partial charge in [0.25, 0.3) is 0 Å². The van der Waals surface area contributed by atoms with Crippen LogP contribution in [0.25, 0.3) is 33.0 Å². The highest BCUT2D eigenvalue weighted by Crippen LogP contribution is 2.35. The predicted octanol–water partition coefficient (Wildman–Crippen LogP) is 6.83. The molecule has 0 amide bonds. The van der Waals surface area contributed by atoms with Gasteiger partial charge in [0.05, 0.1) is 6.61 Å². The van der Waals surface area contributed by atoms with Crippen LogP contribution in [0.1, 0.15) is 25.0 Å². The molecule has 0 aliphatic carbocycles. The van der Waals surface area contributed by atoms with Crippen LogP contribution in [0.2, 0.25) is 0 Å². The van der Waals surface area contributed by atoms with Gasteiger partial charge in [-0.1, -0.05) is 67.6 Å². The van der Waals surface area contributed by atoms with Crippen LogP contribution in [0, 0.1) is 6.92 Å². The van der Waals surface area contributed by atoms with Gasteiger partial charge in [-0.25, -0.2) is 9.68 Å². The topological polar surface area (TPSA) is 65.0 Å². The number of aryl methyl sites for hydroxylation is 2. The Labute approximate surface area is 211 Å². The number of benzene rings is 4. The van der Waals surface area contributed by atoms with Crippen molar-refractivity contribution in [2.45, 2.75) is 27.2 Å². The van der Waals surface area contributed by atoms with Crippen molar-refractivity contribution in [1.29, 1.82) is 0 Å². The summed E-state index contributed by atoms with van der Waals surface area (Å²) in [6.45, 7) is 9.33. The lowest BCUT2D eigenvalue weighted by Gasteiger charge is -2.13. The smallest absolute Gasteiger partial charge is 0.381 e. The van der Waals surface area contributed by atoms with Gasteiger partial charge in [-0.3, -0.25) is 4.89 Å². The standard InChI is InChI=1S/C31H30O5/c1-5-22-16-21(4)6-12-28(22)27-10-9-23-17-24(7-8-25(23)18-27)26-11-13-29(34-15-14-32)30(19-26)35-36-31(33)20(2)3/h6-13,16-19,32H,2,5,14-15H2,1,3-4H3. The van der Waals surface area contributed by atoms with Crippen molar-refractivity contribution in [2.75, 3.05) is 13.2 Å². The number of rotatable bonds is 9. The first-order chi connectivity index (χ1) is 17.4. The zero-order valence-corrected chi connectivity index (χ0v) is 20.8. The second-order valence-electron chi connectivity index (χ2n) is 8.76. The van der Waals surface area contributed by atoms with E-state index in [1.54, 1.807) is 12.1 Å². The summed E-state index contributed by atoms with van der Waals surface area (Å²) in [6, 6.07) is 24.8. The minimum absolute atomic E-state index is 0.0865. The van der Waals surface area contributed by atoms with E-state index in [0.717, 1.165) is 28.3 Å². The fourth-order valence-corrected chi connectivity index (χ4v) is 4.07. The average molecular weight is 483 g/mol. The third-order valence-electron chi connectivity index (χ3n) is 5.97. The molecule has 184 valence electrons. The summed E-state index contributed by atoms with van der Waals surface area (Å²) >= 11 is 0. The van der Waals surface area contributed by atoms with Crippen LogP contribution in [0.15, 0.2) is 84.9 Å². The molecule has 0 atom stereocenters. The fraction of sp³-hybridized carbons (Fsp3) is 0.194. The molecule has 0 saturated carbocycles. The minimum atomic E-state index is -0.671. The van der Waals surface area contributed by atoms with Crippen molar-refractivity contribution in [2.24, 2.45) is 0 Å². The van der Waals surface area contributed by atoms with Gasteiger partial charge in [-0.05, 0) is 83.1 Å². The number of aliphatic hydroxyl groups is 1. The molecule has 36 heavy (non-hydrogen) atoms. The van der Waals surface area contributed by atoms with Gasteiger partial charge in [0.1, 0.15) is 6.61 Å². The fourth-order valence-electron chi connectivity index (χ4n) is 4.07. The summed E-state index contributed by atoms with van der Waals surface area (Å²) in [7, 11) is 0. The number of hydrogen-bond donors (Lipinski definition) is 1. The number of carbonyl (C=O) groups excluding carboxylic acids is 1. The Kier molecular flexibility index (Phi) is 7.71. The SMILES string of the molecule is C=C(C)C(=O)OOc1cc(-c2ccc3cc(-c4ccc(C)cc4CC)ccc3c2)ccc1OCCO. The van der Waals surface area contributed by atoms with E-state index in [-0.39, 0.29) is 24.5 Å². The van der Waals surface area contributed by atoms with E-state index < -0.39 is 5.97 Å². The summed E-state index contributed by atoms with van der Waals surface area (Å²) in [5.74, 6) is -0.0788. The molecule has 0 aliphatic rings. The van der Waals surface area contributed by atoms with Crippen molar-refractivity contribution in [3.8, 4) is 33.8 Å². The third kappa shape index (κ3) is 5.58. The number of fused-ring (bicyclic) bond motifs is 1. The lowest BCUT2D eigenvalue weighted by Crippen LogP contribution is -2.10. The van der Waals surface area contributed by atoms with E-state index in [0.29, 0.717) is 5.75 Å². The molecule has 4 aromatic rings. The van der Waals surface area contributed by atoms with E-state index in [9.17, 15) is 4.79 Å². The maximum absolute atomic E-state index is 11.8. The van der Waals surface area contributed by atoms with Crippen LogP contribution in [-0.4, -0.2) is 24.3 Å². The van der Waals surface area contributed by atoms with Crippen molar-refractivity contribution in [1.82, 2.24) is 0 Å². The summed E-state index contributed by atoms with van der Waals surface area (Å²) in [5.41, 5.74) is 7.14. The highest BCUT2D eigenvalue weighted by molar-refractivity contribution is 5.91. The zero-order chi connectivity index (χ0) is 25.7. The molecule has 0 unspecified atom stereocenters. The number of ether oxygens (including phenoxy) is 1. The summed E-state index contributed by atoms with van der Waals surface area (Å²) in [6.07, 6.45) is 0.984. The summed E-state index contributed by atoms with van der Waals surface area (Å²) in [5, 5.41) is 11.4. The number of aliphatic hydroxyl groups excluding tert-OH is 1. The lowest BCUT2D eigenvalue weighted by atomic mass is 9.93. The van der Waals surface area contributed by atoms with Gasteiger partial charge in [-0.2, -0.15) is 0 Å². The normalized spacial score (nSPS) is 10.8. The van der Waals surface area contributed by atoms with Gasteiger partial charge in [0, 0.05) is 5.57 Å². The average Bonchev–Trinajstić information content (AvgIpc) is 2.89. The van der Waals surface area contributed by atoms with E-state index in [1.165, 1.54) is 29.2 Å². The number of carbonyl (C=O) groups is 1. The van der Waals surface area contributed by atoms with Crippen molar-refractivity contribution in [3.05, 3.63) is 96.1 Å². The van der Waals surface area contributed by atoms with E-state index in [4.69, 9.17) is 19.6 Å². The highest BCUT2D eigenvalue weighted by Gasteiger charge is 2.14. The van der Waals surface area contributed by atoms with Crippen LogP contribution in [0.4, 0.5) is 0 Å². The van der Waals surface area contributed by atoms with Crippen LogP contribution in [-0.2, 0) is 16.1 Å². The van der Waals surface area contributed by atoms with Crippen molar-refractivity contribution < 1.29 is 24.4 Å². The molecule has 0 fully saturated rings. The molecule has 0 heterocycles. The molecule has 0 aliphatic heterocycles. The quantitative estimate of drug-likeness (QED) is 0.161. The van der Waals surface area contributed by atoms with E-state index in [2.05, 4.69) is 75.0 Å². The van der Waals surface area contributed by atoms with Crippen LogP contribution in [0.5, 0.6) is 11.5 Å². The second kappa shape index (κ2) is 11.1. The Bertz CT molecular complexity index is 1420. The summed E-state index contributed by atoms with van der Waals surface area (Å²) in [4.78, 5) is 22.0.